The van der Waals surface area contributed by atoms with E-state index in [1.54, 1.807) is 4.68 Å². The Labute approximate surface area is 109 Å². The molecule has 0 radical (unpaired) electrons. The number of rotatable bonds is 4. The molecule has 3 nitrogen and oxygen atoms in total. The summed E-state index contributed by atoms with van der Waals surface area (Å²) in [6.45, 7) is 4.65. The standard InChI is InChI=1S/C13H14F3N3/c1-3-19-10(4-8(2)18-19)7-17-13-11(15)5-9(14)6-12(13)16/h4-6,17H,3,7H2,1-2H3. The van der Waals surface area contributed by atoms with E-state index < -0.39 is 17.5 Å². The molecule has 2 rings (SSSR count). The van der Waals surface area contributed by atoms with Crippen LogP contribution in [0.4, 0.5) is 18.9 Å². The Kier molecular flexibility index (Phi) is 3.78. The van der Waals surface area contributed by atoms with Crippen molar-refractivity contribution in [1.82, 2.24) is 9.78 Å². The van der Waals surface area contributed by atoms with Crippen LogP contribution in [0.3, 0.4) is 0 Å². The van der Waals surface area contributed by atoms with Gasteiger partial charge in [0, 0.05) is 18.7 Å². The summed E-state index contributed by atoms with van der Waals surface area (Å²) in [5.74, 6) is -2.83. The molecule has 1 N–H and O–H groups in total. The van der Waals surface area contributed by atoms with Gasteiger partial charge >= 0.3 is 0 Å². The molecule has 0 fully saturated rings. The Morgan fingerprint density at radius 3 is 2.37 bits per heavy atom. The van der Waals surface area contributed by atoms with E-state index in [2.05, 4.69) is 10.4 Å². The van der Waals surface area contributed by atoms with Gasteiger partial charge < -0.3 is 5.32 Å². The van der Waals surface area contributed by atoms with E-state index in [1.165, 1.54) is 0 Å². The van der Waals surface area contributed by atoms with Gasteiger partial charge in [-0.2, -0.15) is 5.10 Å². The Morgan fingerprint density at radius 2 is 1.79 bits per heavy atom. The minimum atomic E-state index is -0.947. The molecule has 0 aliphatic carbocycles. The molecule has 0 unspecified atom stereocenters. The Bertz CT molecular complexity index is 570. The van der Waals surface area contributed by atoms with E-state index in [0.717, 1.165) is 11.4 Å². The molecule has 0 atom stereocenters. The number of benzene rings is 1. The SMILES string of the molecule is CCn1nc(C)cc1CNc1c(F)cc(F)cc1F. The van der Waals surface area contributed by atoms with E-state index in [4.69, 9.17) is 0 Å². The molecule has 6 heteroatoms. The molecule has 0 aliphatic rings. The van der Waals surface area contributed by atoms with Crippen LogP contribution in [0.5, 0.6) is 0 Å². The zero-order valence-corrected chi connectivity index (χ0v) is 10.7. The van der Waals surface area contributed by atoms with Crippen molar-refractivity contribution in [3.05, 3.63) is 47.0 Å². The average Bonchev–Trinajstić information content (AvgIpc) is 2.68. The molecule has 0 spiro atoms. The molecule has 2 aromatic rings. The number of hydrogen-bond acceptors (Lipinski definition) is 2. The maximum atomic E-state index is 13.4. The van der Waals surface area contributed by atoms with Gasteiger partial charge in [0.25, 0.3) is 0 Å². The number of aryl methyl sites for hydroxylation is 2. The first kappa shape index (κ1) is 13.5. The monoisotopic (exact) mass is 269 g/mol. The van der Waals surface area contributed by atoms with Crippen molar-refractivity contribution < 1.29 is 13.2 Å². The lowest BCUT2D eigenvalue weighted by molar-refractivity contribution is 0.546. The van der Waals surface area contributed by atoms with Gasteiger partial charge in [-0.25, -0.2) is 13.2 Å². The summed E-state index contributed by atoms with van der Waals surface area (Å²) >= 11 is 0. The van der Waals surface area contributed by atoms with Crippen LogP contribution < -0.4 is 5.32 Å². The Hall–Kier alpha value is -1.98. The van der Waals surface area contributed by atoms with Crippen molar-refractivity contribution in [2.75, 3.05) is 5.32 Å². The first-order valence-electron chi connectivity index (χ1n) is 5.93. The molecule has 0 saturated carbocycles. The first-order valence-corrected chi connectivity index (χ1v) is 5.93. The quantitative estimate of drug-likeness (QED) is 0.923. The first-order chi connectivity index (χ1) is 9.01. The predicted octanol–water partition coefficient (Wildman–Crippen LogP) is 3.24. The second-order valence-corrected chi connectivity index (χ2v) is 4.19. The summed E-state index contributed by atoms with van der Waals surface area (Å²) in [6, 6.07) is 3.12. The predicted molar refractivity (Wildman–Crippen MR) is 66.3 cm³/mol. The molecular weight excluding hydrogens is 255 g/mol. The largest absolute Gasteiger partial charge is 0.375 e. The summed E-state index contributed by atoms with van der Waals surface area (Å²) in [6.07, 6.45) is 0. The lowest BCUT2D eigenvalue weighted by Crippen LogP contribution is -2.10. The van der Waals surface area contributed by atoms with E-state index >= 15 is 0 Å². The molecule has 0 bridgehead atoms. The van der Waals surface area contributed by atoms with Crippen LogP contribution in [0, 0.1) is 24.4 Å². The lowest BCUT2D eigenvalue weighted by atomic mass is 10.2. The minimum Gasteiger partial charge on any atom is -0.375 e. The smallest absolute Gasteiger partial charge is 0.152 e. The second-order valence-electron chi connectivity index (χ2n) is 4.19. The molecule has 0 aliphatic heterocycles. The summed E-state index contributed by atoms with van der Waals surface area (Å²) in [4.78, 5) is 0. The number of anilines is 1. The van der Waals surface area contributed by atoms with Crippen molar-refractivity contribution in [3.63, 3.8) is 0 Å². The molecule has 0 saturated heterocycles. The fraction of sp³-hybridized carbons (Fsp3) is 0.308. The summed E-state index contributed by atoms with van der Waals surface area (Å²) in [5.41, 5.74) is 1.31. The van der Waals surface area contributed by atoms with Crippen LogP contribution in [0.25, 0.3) is 0 Å². The lowest BCUT2D eigenvalue weighted by Gasteiger charge is -2.10. The number of halogens is 3. The maximum Gasteiger partial charge on any atom is 0.152 e. The average molecular weight is 269 g/mol. The minimum absolute atomic E-state index is 0.216. The normalized spacial score (nSPS) is 10.8. The molecule has 1 aromatic carbocycles. The van der Waals surface area contributed by atoms with Crippen LogP contribution in [0.1, 0.15) is 18.3 Å². The van der Waals surface area contributed by atoms with Crippen LogP contribution in [0.15, 0.2) is 18.2 Å². The number of aromatic nitrogens is 2. The maximum absolute atomic E-state index is 13.4. The summed E-state index contributed by atoms with van der Waals surface area (Å²) in [5, 5.41) is 6.86. The van der Waals surface area contributed by atoms with Gasteiger partial charge in [0.1, 0.15) is 11.5 Å². The zero-order chi connectivity index (χ0) is 14.0. The van der Waals surface area contributed by atoms with Crippen molar-refractivity contribution >= 4 is 5.69 Å². The van der Waals surface area contributed by atoms with Crippen molar-refractivity contribution in [3.8, 4) is 0 Å². The van der Waals surface area contributed by atoms with Crippen molar-refractivity contribution in [2.24, 2.45) is 0 Å². The Balaban J connectivity index is 2.19. The highest BCUT2D eigenvalue weighted by Crippen LogP contribution is 2.21. The highest BCUT2D eigenvalue weighted by Gasteiger charge is 2.12. The van der Waals surface area contributed by atoms with Crippen LogP contribution in [-0.4, -0.2) is 9.78 Å². The van der Waals surface area contributed by atoms with E-state index in [9.17, 15) is 13.2 Å². The highest BCUT2D eigenvalue weighted by molar-refractivity contribution is 5.46. The molecule has 1 heterocycles. The highest BCUT2D eigenvalue weighted by atomic mass is 19.1. The zero-order valence-electron chi connectivity index (χ0n) is 10.7. The van der Waals surface area contributed by atoms with Gasteiger partial charge in [-0.15, -0.1) is 0 Å². The van der Waals surface area contributed by atoms with Crippen LogP contribution in [0.2, 0.25) is 0 Å². The molecule has 19 heavy (non-hydrogen) atoms. The Morgan fingerprint density at radius 1 is 1.16 bits per heavy atom. The third-order valence-corrected chi connectivity index (χ3v) is 2.74. The third kappa shape index (κ3) is 2.89. The third-order valence-electron chi connectivity index (χ3n) is 2.74. The van der Waals surface area contributed by atoms with Gasteiger partial charge in [0.05, 0.1) is 17.9 Å². The number of hydrogen-bond donors (Lipinski definition) is 1. The number of nitrogens with one attached hydrogen (secondary N) is 1. The molecular formula is C13H14F3N3. The van der Waals surface area contributed by atoms with Crippen LogP contribution >= 0.6 is 0 Å². The van der Waals surface area contributed by atoms with E-state index in [-0.39, 0.29) is 12.2 Å². The van der Waals surface area contributed by atoms with Crippen molar-refractivity contribution in [1.29, 1.82) is 0 Å². The van der Waals surface area contributed by atoms with E-state index in [0.29, 0.717) is 18.7 Å². The van der Waals surface area contributed by atoms with Gasteiger partial charge in [-0.1, -0.05) is 0 Å². The molecule has 1 aromatic heterocycles. The fourth-order valence-corrected chi connectivity index (χ4v) is 1.91. The van der Waals surface area contributed by atoms with Crippen LogP contribution in [-0.2, 0) is 13.1 Å². The topological polar surface area (TPSA) is 29.9 Å². The van der Waals surface area contributed by atoms with Gasteiger partial charge in [-0.05, 0) is 19.9 Å². The van der Waals surface area contributed by atoms with Gasteiger partial charge in [-0.3, -0.25) is 4.68 Å². The number of nitrogens with zero attached hydrogens (tertiary/aromatic N) is 2. The second kappa shape index (κ2) is 5.34. The molecule has 102 valence electrons. The van der Waals surface area contributed by atoms with Gasteiger partial charge in [0.2, 0.25) is 0 Å². The summed E-state index contributed by atoms with van der Waals surface area (Å²) < 4.78 is 41.4. The summed E-state index contributed by atoms with van der Waals surface area (Å²) in [7, 11) is 0. The fourth-order valence-electron chi connectivity index (χ4n) is 1.91. The van der Waals surface area contributed by atoms with E-state index in [1.807, 2.05) is 19.9 Å². The van der Waals surface area contributed by atoms with Gasteiger partial charge in [0.15, 0.2) is 11.6 Å². The molecule has 0 amide bonds. The van der Waals surface area contributed by atoms with Crippen molar-refractivity contribution in [2.45, 2.75) is 26.9 Å².